The fraction of sp³-hybridized carbons (Fsp3) is 0. The maximum absolute atomic E-state index is 2.41. The van der Waals surface area contributed by atoms with Crippen LogP contribution in [0.5, 0.6) is 0 Å². The number of fused-ring (bicyclic) bond motifs is 6. The third-order valence-corrected chi connectivity index (χ3v) is 15.0. The third kappa shape index (κ3) is 7.60. The SMILES string of the molecule is c1ccc(-c2ccccc2-c2ccc(-c3cccc(-c4cccc(-c5ccc(-c6ccc(-n7c8ccccc8c8cc(-c9ccc%10c(c9)c9ccccc9n%10-c9ccccc9)ccc87)cc6)cc5)c4)c3)cc2)cc1. The number of hydrogen-bond donors (Lipinski definition) is 0. The first-order valence-corrected chi connectivity index (χ1v) is 25.5. The van der Waals surface area contributed by atoms with Crippen LogP contribution in [0.15, 0.2) is 291 Å². The van der Waals surface area contributed by atoms with Crippen LogP contribution < -0.4 is 0 Å². The van der Waals surface area contributed by atoms with Crippen LogP contribution in [-0.4, -0.2) is 9.13 Å². The highest BCUT2D eigenvalue weighted by molar-refractivity contribution is 6.12. The molecule has 2 heterocycles. The predicted octanol–water partition coefficient (Wildman–Crippen LogP) is 19.5. The molecule has 0 saturated heterocycles. The van der Waals surface area contributed by atoms with Crippen molar-refractivity contribution < 1.29 is 0 Å². The molecule has 2 nitrogen and oxygen atoms in total. The van der Waals surface area contributed by atoms with E-state index in [-0.39, 0.29) is 0 Å². The minimum atomic E-state index is 1.14. The summed E-state index contributed by atoms with van der Waals surface area (Å²) in [6, 6.07) is 106. The van der Waals surface area contributed by atoms with Gasteiger partial charge in [0.25, 0.3) is 0 Å². The number of aromatic nitrogens is 2. The van der Waals surface area contributed by atoms with E-state index in [4.69, 9.17) is 0 Å². The molecular formula is C72H48N2. The first kappa shape index (κ1) is 43.1. The van der Waals surface area contributed by atoms with E-state index in [0.717, 1.165) is 5.69 Å². The molecule has 346 valence electrons. The topological polar surface area (TPSA) is 9.86 Å². The minimum Gasteiger partial charge on any atom is -0.309 e. The van der Waals surface area contributed by atoms with Crippen LogP contribution in [0.4, 0.5) is 0 Å². The fourth-order valence-corrected chi connectivity index (χ4v) is 11.3. The second-order valence-corrected chi connectivity index (χ2v) is 19.3. The molecule has 74 heavy (non-hydrogen) atoms. The smallest absolute Gasteiger partial charge is 0.0541 e. The molecular weight excluding hydrogens is 893 g/mol. The monoisotopic (exact) mass is 940 g/mol. The van der Waals surface area contributed by atoms with Crippen molar-refractivity contribution in [2.24, 2.45) is 0 Å². The van der Waals surface area contributed by atoms with E-state index in [1.807, 2.05) is 0 Å². The van der Waals surface area contributed by atoms with Gasteiger partial charge < -0.3 is 9.13 Å². The van der Waals surface area contributed by atoms with Crippen LogP contribution in [0.1, 0.15) is 0 Å². The lowest BCUT2D eigenvalue weighted by atomic mass is 9.92. The average Bonchev–Trinajstić information content (AvgIpc) is 4.01. The Morgan fingerprint density at radius 2 is 0.459 bits per heavy atom. The zero-order valence-corrected chi connectivity index (χ0v) is 40.6. The molecule has 12 aromatic carbocycles. The summed E-state index contributed by atoms with van der Waals surface area (Å²) in [5, 5.41) is 5.00. The van der Waals surface area contributed by atoms with Crippen molar-refractivity contribution in [2.75, 3.05) is 0 Å². The zero-order valence-electron chi connectivity index (χ0n) is 40.6. The van der Waals surface area contributed by atoms with Gasteiger partial charge in [0.2, 0.25) is 0 Å². The van der Waals surface area contributed by atoms with Crippen LogP contribution in [0, 0.1) is 0 Å². The molecule has 14 aromatic rings. The molecule has 0 radical (unpaired) electrons. The summed E-state index contributed by atoms with van der Waals surface area (Å²) in [4.78, 5) is 0. The van der Waals surface area contributed by atoms with Crippen molar-refractivity contribution >= 4 is 43.6 Å². The lowest BCUT2D eigenvalue weighted by molar-refractivity contribution is 1.18. The van der Waals surface area contributed by atoms with Crippen LogP contribution in [0.2, 0.25) is 0 Å². The van der Waals surface area contributed by atoms with Crippen LogP contribution in [0.25, 0.3) is 133 Å². The van der Waals surface area contributed by atoms with Crippen LogP contribution in [0.3, 0.4) is 0 Å². The highest BCUT2D eigenvalue weighted by atomic mass is 15.0. The van der Waals surface area contributed by atoms with E-state index in [9.17, 15) is 0 Å². The summed E-state index contributed by atoms with van der Waals surface area (Å²) in [5.41, 5.74) is 24.0. The maximum atomic E-state index is 2.41. The summed E-state index contributed by atoms with van der Waals surface area (Å²) in [6.45, 7) is 0. The molecule has 0 aliphatic heterocycles. The van der Waals surface area contributed by atoms with E-state index >= 15 is 0 Å². The first-order chi connectivity index (χ1) is 36.7. The number of nitrogens with zero attached hydrogens (tertiary/aromatic N) is 2. The molecule has 0 aliphatic rings. The van der Waals surface area contributed by atoms with Gasteiger partial charge >= 0.3 is 0 Å². The Morgan fingerprint density at radius 1 is 0.162 bits per heavy atom. The van der Waals surface area contributed by atoms with E-state index in [0.29, 0.717) is 0 Å². The third-order valence-electron chi connectivity index (χ3n) is 15.0. The Bertz CT molecular complexity index is 4370. The molecule has 0 saturated carbocycles. The summed E-state index contributed by atoms with van der Waals surface area (Å²) in [5.74, 6) is 0. The molecule has 0 spiro atoms. The number of hydrogen-bond acceptors (Lipinski definition) is 0. The van der Waals surface area contributed by atoms with E-state index < -0.39 is 0 Å². The Labute approximate surface area is 431 Å². The van der Waals surface area contributed by atoms with E-state index in [1.165, 1.54) is 127 Å². The Kier molecular flexibility index (Phi) is 10.6. The fourth-order valence-electron chi connectivity index (χ4n) is 11.3. The number of benzene rings is 12. The van der Waals surface area contributed by atoms with Crippen molar-refractivity contribution in [2.45, 2.75) is 0 Å². The predicted molar refractivity (Wildman–Crippen MR) is 313 cm³/mol. The van der Waals surface area contributed by atoms with Gasteiger partial charge in [-0.3, -0.25) is 0 Å². The van der Waals surface area contributed by atoms with Crippen LogP contribution in [-0.2, 0) is 0 Å². The first-order valence-electron chi connectivity index (χ1n) is 25.5. The van der Waals surface area contributed by atoms with Gasteiger partial charge in [0.1, 0.15) is 0 Å². The Balaban J connectivity index is 0.718. The summed E-state index contributed by atoms with van der Waals surface area (Å²) in [6.07, 6.45) is 0. The molecule has 0 N–H and O–H groups in total. The number of para-hydroxylation sites is 3. The molecule has 0 bridgehead atoms. The maximum Gasteiger partial charge on any atom is 0.0541 e. The molecule has 0 aliphatic carbocycles. The quantitative estimate of drug-likeness (QED) is 0.136. The Morgan fingerprint density at radius 3 is 0.946 bits per heavy atom. The standard InChI is InChI=1S/C72H48N2/c1-3-15-53(16-4-1)63-23-7-8-24-64(63)54-35-33-52(34-36-54)56-18-14-20-58(46-56)57-19-13-17-55(45-57)51-31-29-49(30-32-51)50-37-41-62(42-38-50)74-70-28-12-10-26-66(70)68-48-60(40-44-72(68)74)59-39-43-71-67(47-59)65-25-9-11-27-69(65)73(71)61-21-5-2-6-22-61/h1-48H. The van der Waals surface area contributed by atoms with Gasteiger partial charge in [-0.1, -0.05) is 218 Å². The molecule has 0 unspecified atom stereocenters. The average molecular weight is 941 g/mol. The molecule has 2 heteroatoms. The highest BCUT2D eigenvalue weighted by Gasteiger charge is 2.17. The second kappa shape index (κ2) is 18.1. The van der Waals surface area contributed by atoms with Gasteiger partial charge in [0.05, 0.1) is 22.1 Å². The van der Waals surface area contributed by atoms with Gasteiger partial charge in [-0.15, -0.1) is 0 Å². The summed E-state index contributed by atoms with van der Waals surface area (Å²) < 4.78 is 4.78. The number of rotatable bonds is 9. The van der Waals surface area contributed by atoms with Gasteiger partial charge in [-0.2, -0.15) is 0 Å². The molecule has 0 amide bonds. The van der Waals surface area contributed by atoms with Crippen LogP contribution >= 0.6 is 0 Å². The molecule has 0 fully saturated rings. The van der Waals surface area contributed by atoms with Gasteiger partial charge in [0, 0.05) is 32.9 Å². The van der Waals surface area contributed by atoms with Crippen molar-refractivity contribution in [3.63, 3.8) is 0 Å². The highest BCUT2D eigenvalue weighted by Crippen LogP contribution is 2.40. The molecule has 0 atom stereocenters. The minimum absolute atomic E-state index is 1.14. The largest absolute Gasteiger partial charge is 0.309 e. The molecule has 2 aromatic heterocycles. The Hall–Kier alpha value is -9.76. The molecule has 14 rings (SSSR count). The van der Waals surface area contributed by atoms with Gasteiger partial charge in [-0.25, -0.2) is 0 Å². The van der Waals surface area contributed by atoms with Crippen molar-refractivity contribution in [1.29, 1.82) is 0 Å². The van der Waals surface area contributed by atoms with Crippen molar-refractivity contribution in [3.8, 4) is 89.3 Å². The lowest BCUT2D eigenvalue weighted by Crippen LogP contribution is -1.94. The van der Waals surface area contributed by atoms with E-state index in [1.54, 1.807) is 0 Å². The van der Waals surface area contributed by atoms with Crippen molar-refractivity contribution in [1.82, 2.24) is 9.13 Å². The summed E-state index contributed by atoms with van der Waals surface area (Å²) >= 11 is 0. The van der Waals surface area contributed by atoms with Gasteiger partial charge in [0.15, 0.2) is 0 Å². The summed E-state index contributed by atoms with van der Waals surface area (Å²) in [7, 11) is 0. The van der Waals surface area contributed by atoms with Gasteiger partial charge in [-0.05, 0) is 151 Å². The lowest BCUT2D eigenvalue weighted by Gasteiger charge is -2.12. The zero-order chi connectivity index (χ0) is 49.0. The van der Waals surface area contributed by atoms with E-state index in [2.05, 4.69) is 300 Å². The second-order valence-electron chi connectivity index (χ2n) is 19.3. The normalized spacial score (nSPS) is 11.5. The van der Waals surface area contributed by atoms with Crippen molar-refractivity contribution in [3.05, 3.63) is 291 Å².